The Morgan fingerprint density at radius 2 is 1.92 bits per heavy atom. The highest BCUT2D eigenvalue weighted by atomic mass is 32.2. The van der Waals surface area contributed by atoms with Gasteiger partial charge in [0.25, 0.3) is 5.91 Å². The second-order valence-corrected chi connectivity index (χ2v) is 8.52. The lowest BCUT2D eigenvalue weighted by Crippen LogP contribution is -2.19. The number of thiophene rings is 1. The standard InChI is InChI=1S/C19H22N2O2S2/c1-2-24-13-9-7-12(8-10-13)11-16(22)21-19-17(18(20)23)14-5-3-4-6-15(14)25-19/h7-10H,2-6,11H2,1H3,(H2,20,23)(H,21,22). The molecule has 0 fully saturated rings. The van der Waals surface area contributed by atoms with Gasteiger partial charge in [0.05, 0.1) is 12.0 Å². The van der Waals surface area contributed by atoms with Gasteiger partial charge in [0.2, 0.25) is 5.91 Å². The fourth-order valence-corrected chi connectivity index (χ4v) is 5.11. The van der Waals surface area contributed by atoms with Crippen molar-refractivity contribution in [1.29, 1.82) is 0 Å². The van der Waals surface area contributed by atoms with Crippen LogP contribution in [0.4, 0.5) is 5.00 Å². The van der Waals surface area contributed by atoms with Crippen LogP contribution in [-0.4, -0.2) is 17.6 Å². The number of rotatable bonds is 6. The number of hydrogen-bond donors (Lipinski definition) is 2. The summed E-state index contributed by atoms with van der Waals surface area (Å²) in [5.74, 6) is 0.464. The number of hydrogen-bond acceptors (Lipinski definition) is 4. The zero-order chi connectivity index (χ0) is 17.8. The van der Waals surface area contributed by atoms with Crippen LogP contribution in [0.15, 0.2) is 29.2 Å². The van der Waals surface area contributed by atoms with Crippen LogP contribution >= 0.6 is 23.1 Å². The minimum Gasteiger partial charge on any atom is -0.365 e. The minimum atomic E-state index is -0.448. The molecule has 0 bridgehead atoms. The number of anilines is 1. The van der Waals surface area contributed by atoms with Gasteiger partial charge in [0.15, 0.2) is 0 Å². The number of amides is 2. The number of carbonyl (C=O) groups excluding carboxylic acids is 2. The third kappa shape index (κ3) is 4.25. The van der Waals surface area contributed by atoms with Gasteiger partial charge in [-0.3, -0.25) is 9.59 Å². The Bertz CT molecular complexity index is 781. The molecule has 0 aliphatic heterocycles. The van der Waals surface area contributed by atoms with E-state index in [1.165, 1.54) is 21.1 Å². The average Bonchev–Trinajstić information content (AvgIpc) is 2.94. The van der Waals surface area contributed by atoms with Gasteiger partial charge in [-0.15, -0.1) is 23.1 Å². The largest absolute Gasteiger partial charge is 0.365 e. The summed E-state index contributed by atoms with van der Waals surface area (Å²) in [6.45, 7) is 2.11. The second kappa shape index (κ2) is 8.06. The SMILES string of the molecule is CCSc1ccc(CC(=O)Nc2sc3c(c2C(N)=O)CCCC3)cc1. The van der Waals surface area contributed by atoms with E-state index in [4.69, 9.17) is 5.73 Å². The van der Waals surface area contributed by atoms with Crippen LogP contribution < -0.4 is 11.1 Å². The van der Waals surface area contributed by atoms with E-state index in [2.05, 4.69) is 12.2 Å². The summed E-state index contributed by atoms with van der Waals surface area (Å²) >= 11 is 3.28. The first kappa shape index (κ1) is 18.0. The van der Waals surface area contributed by atoms with Crippen LogP contribution in [-0.2, 0) is 24.1 Å². The Morgan fingerprint density at radius 3 is 2.60 bits per heavy atom. The quantitative estimate of drug-likeness (QED) is 0.750. The molecule has 1 aromatic heterocycles. The molecule has 132 valence electrons. The molecule has 4 nitrogen and oxygen atoms in total. The molecule has 3 rings (SSSR count). The Balaban J connectivity index is 1.72. The Hall–Kier alpha value is -1.79. The zero-order valence-electron chi connectivity index (χ0n) is 14.3. The topological polar surface area (TPSA) is 72.2 Å². The van der Waals surface area contributed by atoms with Crippen LogP contribution in [0.25, 0.3) is 0 Å². The molecule has 6 heteroatoms. The predicted molar refractivity (Wildman–Crippen MR) is 105 cm³/mol. The van der Waals surface area contributed by atoms with Gasteiger partial charge >= 0.3 is 0 Å². The lowest BCUT2D eigenvalue weighted by atomic mass is 9.95. The Morgan fingerprint density at radius 1 is 1.20 bits per heavy atom. The van der Waals surface area contributed by atoms with Gasteiger partial charge in [-0.05, 0) is 54.7 Å². The van der Waals surface area contributed by atoms with Gasteiger partial charge in [0, 0.05) is 9.77 Å². The first-order chi connectivity index (χ1) is 12.1. The highest BCUT2D eigenvalue weighted by Crippen LogP contribution is 2.37. The summed E-state index contributed by atoms with van der Waals surface area (Å²) in [6.07, 6.45) is 4.32. The maximum Gasteiger partial charge on any atom is 0.251 e. The molecule has 3 N–H and O–H groups in total. The van der Waals surface area contributed by atoms with Gasteiger partial charge in [-0.2, -0.15) is 0 Å². The van der Waals surface area contributed by atoms with Crippen LogP contribution in [0, 0.1) is 0 Å². The summed E-state index contributed by atoms with van der Waals surface area (Å²) in [5.41, 5.74) is 8.09. The molecule has 25 heavy (non-hydrogen) atoms. The van der Waals surface area contributed by atoms with Crippen LogP contribution in [0.3, 0.4) is 0 Å². The van der Waals surface area contributed by atoms with Crippen molar-refractivity contribution in [2.75, 3.05) is 11.1 Å². The van der Waals surface area contributed by atoms with Crippen molar-refractivity contribution < 1.29 is 9.59 Å². The number of nitrogens with one attached hydrogen (secondary N) is 1. The van der Waals surface area contributed by atoms with Crippen molar-refractivity contribution in [2.24, 2.45) is 5.73 Å². The fourth-order valence-electron chi connectivity index (χ4n) is 3.14. The Labute approximate surface area is 156 Å². The van der Waals surface area contributed by atoms with Crippen molar-refractivity contribution in [3.8, 4) is 0 Å². The lowest BCUT2D eigenvalue weighted by Gasteiger charge is -2.11. The normalized spacial score (nSPS) is 13.3. The average molecular weight is 375 g/mol. The molecule has 1 aliphatic carbocycles. The summed E-state index contributed by atoms with van der Waals surface area (Å²) in [4.78, 5) is 26.7. The van der Waals surface area contributed by atoms with E-state index in [1.807, 2.05) is 24.3 Å². The molecule has 0 saturated carbocycles. The number of thioether (sulfide) groups is 1. The van der Waals surface area contributed by atoms with Crippen molar-refractivity contribution in [2.45, 2.75) is 43.9 Å². The van der Waals surface area contributed by atoms with E-state index in [9.17, 15) is 9.59 Å². The lowest BCUT2D eigenvalue weighted by molar-refractivity contribution is -0.115. The molecule has 1 heterocycles. The second-order valence-electron chi connectivity index (χ2n) is 6.08. The molecule has 0 saturated heterocycles. The molecular formula is C19H22N2O2S2. The predicted octanol–water partition coefficient (Wildman–Crippen LogP) is 4.02. The fraction of sp³-hybridized carbons (Fsp3) is 0.368. The van der Waals surface area contributed by atoms with Crippen molar-refractivity contribution >= 4 is 39.9 Å². The summed E-state index contributed by atoms with van der Waals surface area (Å²) in [7, 11) is 0. The van der Waals surface area contributed by atoms with Crippen molar-refractivity contribution in [3.63, 3.8) is 0 Å². The molecule has 1 aliphatic rings. The zero-order valence-corrected chi connectivity index (χ0v) is 15.9. The highest BCUT2D eigenvalue weighted by Gasteiger charge is 2.24. The summed E-state index contributed by atoms with van der Waals surface area (Å²) in [6, 6.07) is 8.03. The highest BCUT2D eigenvalue weighted by molar-refractivity contribution is 7.99. The van der Waals surface area contributed by atoms with Gasteiger partial charge in [0.1, 0.15) is 5.00 Å². The third-order valence-corrected chi connectivity index (χ3v) is 6.37. The van der Waals surface area contributed by atoms with E-state index in [1.54, 1.807) is 11.8 Å². The monoisotopic (exact) mass is 374 g/mol. The summed E-state index contributed by atoms with van der Waals surface area (Å²) < 4.78 is 0. The van der Waals surface area contributed by atoms with Gasteiger partial charge in [-0.1, -0.05) is 19.1 Å². The van der Waals surface area contributed by atoms with Crippen LogP contribution in [0.5, 0.6) is 0 Å². The van der Waals surface area contributed by atoms with E-state index in [0.29, 0.717) is 10.6 Å². The number of carbonyl (C=O) groups is 2. The third-order valence-electron chi connectivity index (χ3n) is 4.27. The van der Waals surface area contributed by atoms with Gasteiger partial charge in [-0.25, -0.2) is 0 Å². The smallest absolute Gasteiger partial charge is 0.251 e. The number of primary amides is 1. The molecule has 0 spiro atoms. The molecule has 0 atom stereocenters. The molecule has 0 radical (unpaired) electrons. The number of nitrogens with two attached hydrogens (primary N) is 1. The first-order valence-corrected chi connectivity index (χ1v) is 10.3. The Kier molecular flexibility index (Phi) is 5.81. The van der Waals surface area contributed by atoms with Crippen LogP contribution in [0.1, 0.15) is 46.1 Å². The molecule has 2 aromatic rings. The number of aryl methyl sites for hydroxylation is 1. The maximum absolute atomic E-state index is 12.4. The number of benzene rings is 1. The van der Waals surface area contributed by atoms with E-state index >= 15 is 0 Å². The molecule has 1 aromatic carbocycles. The molecular weight excluding hydrogens is 352 g/mol. The molecule has 2 amide bonds. The van der Waals surface area contributed by atoms with Gasteiger partial charge < -0.3 is 11.1 Å². The maximum atomic E-state index is 12.4. The first-order valence-electron chi connectivity index (χ1n) is 8.54. The van der Waals surface area contributed by atoms with E-state index < -0.39 is 5.91 Å². The van der Waals surface area contributed by atoms with E-state index in [0.717, 1.165) is 42.6 Å². The minimum absolute atomic E-state index is 0.114. The summed E-state index contributed by atoms with van der Waals surface area (Å²) in [5, 5.41) is 3.52. The number of fused-ring (bicyclic) bond motifs is 1. The van der Waals surface area contributed by atoms with Crippen molar-refractivity contribution in [1.82, 2.24) is 0 Å². The molecule has 0 unspecified atom stereocenters. The van der Waals surface area contributed by atoms with Crippen molar-refractivity contribution in [3.05, 3.63) is 45.8 Å². The van der Waals surface area contributed by atoms with E-state index in [-0.39, 0.29) is 12.3 Å². The van der Waals surface area contributed by atoms with Crippen LogP contribution in [0.2, 0.25) is 0 Å².